The van der Waals surface area contributed by atoms with Gasteiger partial charge in [0, 0.05) is 48.8 Å². The number of hydrogen-bond acceptors (Lipinski definition) is 7. The lowest BCUT2D eigenvalue weighted by Crippen LogP contribution is -2.04. The van der Waals surface area contributed by atoms with E-state index in [-0.39, 0.29) is 12.2 Å². The molecule has 0 aliphatic carbocycles. The molecule has 2 aliphatic rings. The molecule has 364 valence electrons. The van der Waals surface area contributed by atoms with E-state index in [0.29, 0.717) is 12.2 Å². The molecule has 2 saturated heterocycles. The zero-order valence-corrected chi connectivity index (χ0v) is 42.3. The van der Waals surface area contributed by atoms with Crippen LogP contribution in [0.25, 0.3) is 45.0 Å². The monoisotopic (exact) mass is 927 g/mol. The molecule has 0 N–H and O–H groups in total. The Labute approximate surface area is 414 Å². The lowest BCUT2D eigenvalue weighted by atomic mass is 9.97. The van der Waals surface area contributed by atoms with Crippen molar-refractivity contribution >= 4 is 0 Å². The minimum atomic E-state index is 0.204. The van der Waals surface area contributed by atoms with Gasteiger partial charge in [0.15, 0.2) is 11.6 Å². The van der Waals surface area contributed by atoms with E-state index in [0.717, 1.165) is 106 Å². The van der Waals surface area contributed by atoms with Crippen LogP contribution in [-0.4, -0.2) is 44.4 Å². The summed E-state index contributed by atoms with van der Waals surface area (Å²) in [5.41, 5.74) is 11.4. The molecular weight excluding hydrogens is 849 g/mol. The Bertz CT molecular complexity index is 2280. The van der Waals surface area contributed by atoms with Gasteiger partial charge in [-0.15, -0.1) is 0 Å². The molecule has 4 heterocycles. The SMILES string of the molecule is CCCCCCCCc1cnc(-c2ccc(-c3ccc(Oc4ccc(-c5ccc(-c6ncc(CCCCCCCC)cn6)cc5)cc4C[C@@H]4O[C@H]4CCCC)c(C[C@@H]4O[C@H]4CCCC)c3)cc2)nc1. The van der Waals surface area contributed by atoms with Crippen molar-refractivity contribution in [2.45, 2.75) is 193 Å². The quantitative estimate of drug-likeness (QED) is 0.0328. The summed E-state index contributed by atoms with van der Waals surface area (Å²) in [6.07, 6.45) is 35.2. The Morgan fingerprint density at radius 3 is 1.12 bits per heavy atom. The lowest BCUT2D eigenvalue weighted by Gasteiger charge is -2.17. The van der Waals surface area contributed by atoms with Crippen molar-refractivity contribution in [3.8, 4) is 56.5 Å². The second-order valence-corrected chi connectivity index (χ2v) is 19.9. The molecule has 7 nitrogen and oxygen atoms in total. The Balaban J connectivity index is 0.980. The summed E-state index contributed by atoms with van der Waals surface area (Å²) in [6, 6.07) is 30.6. The molecule has 0 radical (unpaired) electrons. The summed E-state index contributed by atoms with van der Waals surface area (Å²) >= 11 is 0. The van der Waals surface area contributed by atoms with Gasteiger partial charge >= 0.3 is 0 Å². The molecule has 69 heavy (non-hydrogen) atoms. The minimum absolute atomic E-state index is 0.204. The van der Waals surface area contributed by atoms with Gasteiger partial charge in [-0.05, 0) is 107 Å². The van der Waals surface area contributed by atoms with E-state index in [1.54, 1.807) is 0 Å². The van der Waals surface area contributed by atoms with Gasteiger partial charge in [0.2, 0.25) is 0 Å². The summed E-state index contributed by atoms with van der Waals surface area (Å²) in [5.74, 6) is 3.29. The predicted molar refractivity (Wildman–Crippen MR) is 284 cm³/mol. The third kappa shape index (κ3) is 14.9. The van der Waals surface area contributed by atoms with Gasteiger partial charge in [0.25, 0.3) is 0 Å². The van der Waals surface area contributed by atoms with Crippen molar-refractivity contribution in [2.75, 3.05) is 0 Å². The van der Waals surface area contributed by atoms with E-state index in [1.165, 1.54) is 114 Å². The highest BCUT2D eigenvalue weighted by molar-refractivity contribution is 5.71. The normalized spacial score (nSPS) is 17.3. The molecule has 0 saturated carbocycles. The number of ether oxygens (including phenoxy) is 3. The smallest absolute Gasteiger partial charge is 0.159 e. The molecule has 0 unspecified atom stereocenters. The van der Waals surface area contributed by atoms with Crippen molar-refractivity contribution < 1.29 is 14.2 Å². The summed E-state index contributed by atoms with van der Waals surface area (Å²) in [4.78, 5) is 19.0. The summed E-state index contributed by atoms with van der Waals surface area (Å²) in [7, 11) is 0. The van der Waals surface area contributed by atoms with Crippen molar-refractivity contribution in [2.24, 2.45) is 0 Å². The third-order valence-electron chi connectivity index (χ3n) is 14.2. The fourth-order valence-electron chi connectivity index (χ4n) is 9.73. The molecule has 2 aromatic heterocycles. The van der Waals surface area contributed by atoms with Crippen LogP contribution in [-0.2, 0) is 35.2 Å². The molecule has 2 fully saturated rings. The highest BCUT2D eigenvalue weighted by Crippen LogP contribution is 2.40. The van der Waals surface area contributed by atoms with E-state index in [1.807, 2.05) is 24.8 Å². The van der Waals surface area contributed by atoms with Gasteiger partial charge < -0.3 is 14.2 Å². The predicted octanol–water partition coefficient (Wildman–Crippen LogP) is 16.5. The van der Waals surface area contributed by atoms with Crippen molar-refractivity contribution in [1.29, 1.82) is 0 Å². The first-order valence-corrected chi connectivity index (χ1v) is 27.1. The molecule has 0 bridgehead atoms. The van der Waals surface area contributed by atoms with Crippen LogP contribution in [0.15, 0.2) is 110 Å². The fourth-order valence-corrected chi connectivity index (χ4v) is 9.73. The van der Waals surface area contributed by atoms with Crippen LogP contribution < -0.4 is 4.74 Å². The largest absolute Gasteiger partial charge is 0.457 e. The van der Waals surface area contributed by atoms with Crippen molar-refractivity contribution in [3.63, 3.8) is 0 Å². The highest BCUT2D eigenvalue weighted by atomic mass is 16.6. The first kappa shape index (κ1) is 50.2. The summed E-state index contributed by atoms with van der Waals surface area (Å²) in [6.45, 7) is 9.03. The van der Waals surface area contributed by atoms with E-state index < -0.39 is 0 Å². The Morgan fingerprint density at radius 1 is 0.377 bits per heavy atom. The molecule has 7 heteroatoms. The molecule has 2 aliphatic heterocycles. The number of unbranched alkanes of at least 4 members (excludes halogenated alkanes) is 12. The van der Waals surface area contributed by atoms with Crippen LogP contribution >= 0.6 is 0 Å². The fraction of sp³-hybridized carbons (Fsp3) is 0.484. The Kier molecular flexibility index (Phi) is 19.0. The average molecular weight is 927 g/mol. The second kappa shape index (κ2) is 26.1. The maximum Gasteiger partial charge on any atom is 0.159 e. The topological polar surface area (TPSA) is 85.9 Å². The number of benzene rings is 4. The minimum Gasteiger partial charge on any atom is -0.457 e. The third-order valence-corrected chi connectivity index (χ3v) is 14.2. The van der Waals surface area contributed by atoms with Crippen LogP contribution in [0, 0.1) is 0 Å². The molecule has 4 atom stereocenters. The van der Waals surface area contributed by atoms with Gasteiger partial charge in [-0.1, -0.05) is 178 Å². The van der Waals surface area contributed by atoms with Crippen LogP contribution in [0.5, 0.6) is 11.5 Å². The number of nitrogens with zero attached hydrogens (tertiary/aromatic N) is 4. The van der Waals surface area contributed by atoms with E-state index >= 15 is 0 Å². The second-order valence-electron chi connectivity index (χ2n) is 19.9. The van der Waals surface area contributed by atoms with E-state index in [2.05, 4.69) is 113 Å². The number of aryl methyl sites for hydroxylation is 2. The zero-order chi connectivity index (χ0) is 47.6. The maximum atomic E-state index is 7.03. The van der Waals surface area contributed by atoms with Crippen molar-refractivity contribution in [3.05, 3.63) is 132 Å². The number of rotatable bonds is 30. The number of hydrogen-bond donors (Lipinski definition) is 0. The molecule has 6 aromatic rings. The van der Waals surface area contributed by atoms with E-state index in [9.17, 15) is 0 Å². The van der Waals surface area contributed by atoms with Crippen molar-refractivity contribution in [1.82, 2.24) is 19.9 Å². The zero-order valence-electron chi connectivity index (χ0n) is 42.3. The maximum absolute atomic E-state index is 7.03. The van der Waals surface area contributed by atoms with Gasteiger partial charge in [-0.25, -0.2) is 19.9 Å². The number of aromatic nitrogens is 4. The van der Waals surface area contributed by atoms with Gasteiger partial charge in [0.1, 0.15) is 11.5 Å². The Hall–Kier alpha value is -5.24. The molecule has 8 rings (SSSR count). The average Bonchev–Trinajstić information content (AvgIpc) is 4.33. The van der Waals surface area contributed by atoms with Crippen LogP contribution in [0.3, 0.4) is 0 Å². The first-order chi connectivity index (χ1) is 34.0. The standard InChI is InChI=1S/C62H78N4O3/c1-5-9-13-15-17-19-21-45-41-63-61(64-42-45)49-29-25-47(26-30-49)51-33-35-55(53(37-51)39-59-57(68-59)23-11-7-3)67-56-36-34-52(38-54(56)40-60-58(69-60)24-12-8-4)48-27-31-50(32-28-48)62-65-43-46(44-66-62)22-20-18-16-14-10-6-2/h25-38,41-44,57-60H,5-24,39-40H2,1-4H3/t57-,58-,59-,60-/m0/s1. The van der Waals surface area contributed by atoms with Crippen LogP contribution in [0.2, 0.25) is 0 Å². The summed E-state index contributed by atoms with van der Waals surface area (Å²) < 4.78 is 19.5. The number of epoxide rings is 2. The van der Waals surface area contributed by atoms with Gasteiger partial charge in [-0.3, -0.25) is 0 Å². The first-order valence-electron chi connectivity index (χ1n) is 27.1. The molecule has 0 spiro atoms. The molecule has 4 aromatic carbocycles. The molecular formula is C62H78N4O3. The summed E-state index contributed by atoms with van der Waals surface area (Å²) in [5, 5.41) is 0. The van der Waals surface area contributed by atoms with Gasteiger partial charge in [-0.2, -0.15) is 0 Å². The van der Waals surface area contributed by atoms with Gasteiger partial charge in [0.05, 0.1) is 24.4 Å². The molecule has 0 amide bonds. The van der Waals surface area contributed by atoms with Crippen LogP contribution in [0.1, 0.15) is 166 Å². The van der Waals surface area contributed by atoms with Crippen LogP contribution in [0.4, 0.5) is 0 Å². The Morgan fingerprint density at radius 2 is 0.725 bits per heavy atom. The van der Waals surface area contributed by atoms with E-state index in [4.69, 9.17) is 34.1 Å². The lowest BCUT2D eigenvalue weighted by molar-refractivity contribution is 0.356. The highest BCUT2D eigenvalue weighted by Gasteiger charge is 2.39.